The molecule has 3 aliphatic heterocycles. The zero-order valence-electron chi connectivity index (χ0n) is 30.0. The van der Waals surface area contributed by atoms with Crippen LogP contribution in [0, 0.1) is 11.6 Å². The fourth-order valence-electron chi connectivity index (χ4n) is 6.06. The summed E-state index contributed by atoms with van der Waals surface area (Å²) in [6.45, 7) is 2.96. The molecule has 11 nitrogen and oxygen atoms in total. The molecule has 2 aromatic carbocycles. The number of aromatic nitrogens is 2. The Labute approximate surface area is 350 Å². The molecule has 0 spiro atoms. The number of aliphatic imine (C=N–C) groups is 2. The first-order valence-corrected chi connectivity index (χ1v) is 20.8. The average molecular weight is 930 g/mol. The topological polar surface area (TPSA) is 130 Å². The maximum Gasteiger partial charge on any atom is 0.338 e. The molecule has 4 aromatic rings. The Morgan fingerprint density at radius 3 is 1.67 bits per heavy atom. The Morgan fingerprint density at radius 1 is 0.825 bits per heavy atom. The van der Waals surface area contributed by atoms with Crippen molar-refractivity contribution in [2.45, 2.75) is 31.9 Å². The zero-order chi connectivity index (χ0) is 40.9. The predicted molar refractivity (Wildman–Crippen MR) is 214 cm³/mol. The van der Waals surface area contributed by atoms with Gasteiger partial charge in [-0.2, -0.15) is 0 Å². The lowest BCUT2D eigenvalue weighted by Gasteiger charge is -2.40. The van der Waals surface area contributed by atoms with Crippen LogP contribution in [-0.2, 0) is 19.1 Å². The number of halogens is 7. The van der Waals surface area contributed by atoms with E-state index in [-0.39, 0.29) is 35.4 Å². The number of likely N-dealkylation sites (tertiary alicyclic amines) is 1. The number of allylic oxidation sites excluding steroid dienone is 1. The summed E-state index contributed by atoms with van der Waals surface area (Å²) in [6, 6.07) is 6.19. The van der Waals surface area contributed by atoms with Crippen molar-refractivity contribution >= 4 is 85.4 Å². The number of alkyl halides is 3. The molecule has 57 heavy (non-hydrogen) atoms. The van der Waals surface area contributed by atoms with E-state index in [1.807, 2.05) is 5.38 Å². The van der Waals surface area contributed by atoms with E-state index in [0.717, 1.165) is 6.07 Å². The van der Waals surface area contributed by atoms with E-state index in [1.54, 1.807) is 31.6 Å². The SMILES string of the molecule is CCOC(=O)C1=C(CBr)NC(c2nccs2)=N[C@H]1c1ccc(F)cc1Cl.CCOC(=O)C1=C(CN2CC(F)(F)C2)NC(c2nccs2)=N[C@H]1c1ccc(F)cc1Cl. The second kappa shape index (κ2) is 18.6. The summed E-state index contributed by atoms with van der Waals surface area (Å²) in [4.78, 5) is 44.7. The third kappa shape index (κ3) is 9.92. The highest BCUT2D eigenvalue weighted by atomic mass is 79.9. The molecule has 2 N–H and O–H groups in total. The molecule has 1 saturated heterocycles. The lowest BCUT2D eigenvalue weighted by Crippen LogP contribution is -2.57. The monoisotopic (exact) mass is 927 g/mol. The molecule has 20 heteroatoms. The molecule has 3 aliphatic rings. The first kappa shape index (κ1) is 42.4. The Kier molecular flexibility index (Phi) is 13.8. The van der Waals surface area contributed by atoms with Gasteiger partial charge in [-0.15, -0.1) is 22.7 Å². The molecule has 0 unspecified atom stereocenters. The Hall–Kier alpha value is -4.20. The van der Waals surface area contributed by atoms with Gasteiger partial charge in [-0.1, -0.05) is 51.3 Å². The summed E-state index contributed by atoms with van der Waals surface area (Å²) >= 11 is 18.7. The van der Waals surface area contributed by atoms with Gasteiger partial charge in [0.25, 0.3) is 5.92 Å². The van der Waals surface area contributed by atoms with E-state index in [9.17, 15) is 27.2 Å². The molecular weight excluding hydrogens is 897 g/mol. The highest BCUT2D eigenvalue weighted by Crippen LogP contribution is 2.39. The van der Waals surface area contributed by atoms with E-state index >= 15 is 0 Å². The van der Waals surface area contributed by atoms with Crippen molar-refractivity contribution in [1.29, 1.82) is 0 Å². The number of amidine groups is 2. The summed E-state index contributed by atoms with van der Waals surface area (Å²) in [5.74, 6) is -4.00. The minimum absolute atomic E-state index is 0.0590. The van der Waals surface area contributed by atoms with Gasteiger partial charge in [0, 0.05) is 67.6 Å². The quantitative estimate of drug-likeness (QED) is 0.0873. The second-order valence-corrected chi connectivity index (χ2v) is 15.5. The van der Waals surface area contributed by atoms with Crippen LogP contribution in [-0.4, -0.2) is 82.6 Å². The number of nitrogens with zero attached hydrogens (tertiary/aromatic N) is 5. The molecule has 300 valence electrons. The summed E-state index contributed by atoms with van der Waals surface area (Å²) in [7, 11) is 0. The zero-order valence-corrected chi connectivity index (χ0v) is 34.7. The summed E-state index contributed by atoms with van der Waals surface area (Å²) in [5.41, 5.74) is 2.37. The minimum Gasteiger partial charge on any atom is -0.463 e. The normalized spacial score (nSPS) is 19.0. The fourth-order valence-corrected chi connectivity index (χ4v) is 8.22. The van der Waals surface area contributed by atoms with Crippen LogP contribution in [0.25, 0.3) is 0 Å². The molecule has 0 radical (unpaired) electrons. The maximum atomic E-state index is 13.6. The summed E-state index contributed by atoms with van der Waals surface area (Å²) < 4.78 is 64.3. The standard InChI is InChI=1S/C20H18ClF3N4O2S.C17H14BrClFN3O2S/c1-2-30-19(29)15-14(8-28-9-20(23,24)10-28)26-17(18-25-5-6-31-18)27-16(15)12-4-3-11(22)7-13(12)21;1-2-25-17(24)13-12(8-18)22-15(16-21-5-6-26-16)23-14(13)10-4-3-9(20)7-11(10)19/h3-7,16H,2,8-10H2,1H3,(H,26,27);3-7,14H,2,8H2,1H3,(H,22,23)/t16-;14-/m00/s1. The smallest absolute Gasteiger partial charge is 0.338 e. The van der Waals surface area contributed by atoms with Crippen molar-refractivity contribution in [2.24, 2.45) is 9.98 Å². The first-order chi connectivity index (χ1) is 27.3. The molecule has 2 aromatic heterocycles. The van der Waals surface area contributed by atoms with E-state index in [0.29, 0.717) is 55.1 Å². The highest BCUT2D eigenvalue weighted by Gasteiger charge is 2.45. The van der Waals surface area contributed by atoms with Crippen molar-refractivity contribution in [3.8, 4) is 0 Å². The van der Waals surface area contributed by atoms with Crippen LogP contribution in [0.3, 0.4) is 0 Å². The van der Waals surface area contributed by atoms with Crippen molar-refractivity contribution in [1.82, 2.24) is 25.5 Å². The lowest BCUT2D eigenvalue weighted by atomic mass is 9.94. The van der Waals surface area contributed by atoms with Gasteiger partial charge >= 0.3 is 11.9 Å². The number of carbonyl (C=O) groups excluding carboxylic acids is 2. The number of thiazole rings is 2. The van der Waals surface area contributed by atoms with Crippen molar-refractivity contribution in [3.05, 3.63) is 125 Å². The van der Waals surface area contributed by atoms with Gasteiger partial charge in [-0.05, 0) is 38.1 Å². The molecule has 7 rings (SSSR count). The van der Waals surface area contributed by atoms with E-state index in [1.165, 1.54) is 57.9 Å². The third-order valence-electron chi connectivity index (χ3n) is 8.45. The molecule has 0 aliphatic carbocycles. The van der Waals surface area contributed by atoms with Gasteiger partial charge in [-0.25, -0.2) is 37.1 Å². The van der Waals surface area contributed by atoms with Crippen LogP contribution in [0.5, 0.6) is 0 Å². The fraction of sp³-hybridized carbons (Fsp3) is 0.297. The lowest BCUT2D eigenvalue weighted by molar-refractivity contribution is -0.140. The van der Waals surface area contributed by atoms with Gasteiger partial charge in [0.15, 0.2) is 21.7 Å². The van der Waals surface area contributed by atoms with Crippen LogP contribution in [0.2, 0.25) is 10.0 Å². The molecule has 1 fully saturated rings. The van der Waals surface area contributed by atoms with Crippen molar-refractivity contribution in [3.63, 3.8) is 0 Å². The summed E-state index contributed by atoms with van der Waals surface area (Å²) in [5, 5.41) is 11.7. The Morgan fingerprint density at radius 2 is 1.28 bits per heavy atom. The third-order valence-corrected chi connectivity index (χ3v) is 11.2. The van der Waals surface area contributed by atoms with E-state index < -0.39 is 54.7 Å². The number of hydrogen-bond acceptors (Lipinski definition) is 13. The summed E-state index contributed by atoms with van der Waals surface area (Å²) in [6.07, 6.45) is 3.27. The van der Waals surface area contributed by atoms with Gasteiger partial charge in [-0.3, -0.25) is 14.9 Å². The van der Waals surface area contributed by atoms with E-state index in [2.05, 4.69) is 46.5 Å². The largest absolute Gasteiger partial charge is 0.463 e. The van der Waals surface area contributed by atoms with Crippen LogP contribution in [0.15, 0.2) is 92.1 Å². The number of rotatable bonds is 11. The molecule has 0 saturated carbocycles. The average Bonchev–Trinajstić information content (AvgIpc) is 3.90. The number of nitrogens with one attached hydrogen (secondary N) is 2. The van der Waals surface area contributed by atoms with Gasteiger partial charge in [0.1, 0.15) is 23.7 Å². The Bertz CT molecular complexity index is 2250. The van der Waals surface area contributed by atoms with Crippen LogP contribution < -0.4 is 10.6 Å². The van der Waals surface area contributed by atoms with Gasteiger partial charge < -0.3 is 20.1 Å². The molecule has 5 heterocycles. The van der Waals surface area contributed by atoms with Crippen molar-refractivity contribution < 1.29 is 36.6 Å². The minimum atomic E-state index is -2.76. The van der Waals surface area contributed by atoms with Crippen LogP contribution >= 0.6 is 61.8 Å². The van der Waals surface area contributed by atoms with Gasteiger partial charge in [0.2, 0.25) is 0 Å². The number of carbonyl (C=O) groups is 2. The molecular formula is C37H32BrCl2F4N7O4S2. The van der Waals surface area contributed by atoms with Crippen LogP contribution in [0.4, 0.5) is 17.6 Å². The Balaban J connectivity index is 0.000000196. The number of ether oxygens (including phenoxy) is 2. The predicted octanol–water partition coefficient (Wildman–Crippen LogP) is 8.03. The number of hydrogen-bond donors (Lipinski definition) is 2. The van der Waals surface area contributed by atoms with Crippen LogP contribution in [0.1, 0.15) is 47.1 Å². The number of benzene rings is 2. The second-order valence-electron chi connectivity index (χ2n) is 12.4. The molecule has 0 bridgehead atoms. The molecule has 2 atom stereocenters. The van der Waals surface area contributed by atoms with Crippen molar-refractivity contribution in [2.75, 3.05) is 38.2 Å². The maximum absolute atomic E-state index is 13.6. The number of esters is 2. The highest BCUT2D eigenvalue weighted by molar-refractivity contribution is 9.09. The molecule has 0 amide bonds. The van der Waals surface area contributed by atoms with Gasteiger partial charge in [0.05, 0.1) is 37.4 Å². The first-order valence-electron chi connectivity index (χ1n) is 17.2. The van der Waals surface area contributed by atoms with E-state index in [4.69, 9.17) is 32.7 Å².